The molecule has 2 nitrogen and oxygen atoms in total. The van der Waals surface area contributed by atoms with E-state index in [4.69, 9.17) is 11.6 Å². The zero-order valence-corrected chi connectivity index (χ0v) is 9.56. The summed E-state index contributed by atoms with van der Waals surface area (Å²) in [5.74, 6) is 5.95. The van der Waals surface area contributed by atoms with Crippen molar-refractivity contribution in [1.29, 1.82) is 0 Å². The molecule has 1 aromatic heterocycles. The number of aromatic amines is 1. The molecule has 0 aliphatic carbocycles. The second kappa shape index (κ2) is 4.42. The van der Waals surface area contributed by atoms with Gasteiger partial charge in [-0.05, 0) is 25.1 Å². The molecule has 0 unspecified atom stereocenters. The minimum Gasteiger partial charge on any atom is -0.358 e. The Kier molecular flexibility index (Phi) is 2.98. The fourth-order valence-electron chi connectivity index (χ4n) is 1.59. The minimum absolute atomic E-state index is 0.0146. The van der Waals surface area contributed by atoms with Crippen molar-refractivity contribution in [3.8, 4) is 11.8 Å². The third kappa shape index (κ3) is 2.10. The molecule has 0 spiro atoms. The first kappa shape index (κ1) is 10.8. The average molecular weight is 232 g/mol. The zero-order valence-electron chi connectivity index (χ0n) is 8.80. The third-order valence-corrected chi connectivity index (χ3v) is 2.40. The number of aryl methyl sites for hydroxylation is 1. The molecule has 0 radical (unpaired) electrons. The Morgan fingerprint density at radius 2 is 2.19 bits per heavy atom. The summed E-state index contributed by atoms with van der Waals surface area (Å²) in [6.45, 7) is 1.86. The molecule has 0 atom stereocenters. The third-order valence-electron chi connectivity index (χ3n) is 2.26. The van der Waals surface area contributed by atoms with Crippen LogP contribution in [0.1, 0.15) is 11.3 Å². The number of rotatable bonds is 0. The summed E-state index contributed by atoms with van der Waals surface area (Å²) in [7, 11) is 0. The van der Waals surface area contributed by atoms with E-state index in [1.54, 1.807) is 12.1 Å². The first-order valence-electron chi connectivity index (χ1n) is 4.89. The first-order chi connectivity index (χ1) is 7.70. The van der Waals surface area contributed by atoms with Crippen LogP contribution in [-0.2, 0) is 0 Å². The standard InChI is InChI=1S/C13H10ClNO/c1-9-7-13(16)11-8-10(3-2-6-14)4-5-12(11)15-9/h4-5,7-8H,6H2,1H3,(H,15,16). The van der Waals surface area contributed by atoms with Gasteiger partial charge in [0.1, 0.15) is 0 Å². The van der Waals surface area contributed by atoms with Crippen LogP contribution < -0.4 is 5.43 Å². The van der Waals surface area contributed by atoms with Gasteiger partial charge in [0.15, 0.2) is 5.43 Å². The number of hydrogen-bond acceptors (Lipinski definition) is 1. The van der Waals surface area contributed by atoms with E-state index < -0.39 is 0 Å². The maximum absolute atomic E-state index is 11.7. The van der Waals surface area contributed by atoms with Crippen LogP contribution in [0.5, 0.6) is 0 Å². The van der Waals surface area contributed by atoms with E-state index in [9.17, 15) is 4.79 Å². The van der Waals surface area contributed by atoms with Crippen molar-refractivity contribution in [3.63, 3.8) is 0 Å². The SMILES string of the molecule is Cc1cc(=O)c2cc(C#CCCl)ccc2[nH]1. The van der Waals surface area contributed by atoms with E-state index in [-0.39, 0.29) is 5.43 Å². The number of fused-ring (bicyclic) bond motifs is 1. The largest absolute Gasteiger partial charge is 0.358 e. The Balaban J connectivity index is 2.67. The summed E-state index contributed by atoms with van der Waals surface area (Å²) in [5, 5.41) is 0.659. The fourth-order valence-corrected chi connectivity index (χ4v) is 1.66. The number of H-pyrrole nitrogens is 1. The summed E-state index contributed by atoms with van der Waals surface area (Å²) in [5.41, 5.74) is 2.52. The maximum atomic E-state index is 11.7. The van der Waals surface area contributed by atoms with Gasteiger partial charge in [0.05, 0.1) is 5.88 Å². The molecule has 16 heavy (non-hydrogen) atoms. The summed E-state index contributed by atoms with van der Waals surface area (Å²) in [6, 6.07) is 7.10. The summed E-state index contributed by atoms with van der Waals surface area (Å²) in [6.07, 6.45) is 0. The molecule has 2 aromatic rings. The van der Waals surface area contributed by atoms with Gasteiger partial charge < -0.3 is 4.98 Å². The normalized spacial score (nSPS) is 9.88. The highest BCUT2D eigenvalue weighted by atomic mass is 35.5. The summed E-state index contributed by atoms with van der Waals surface area (Å²) < 4.78 is 0. The number of halogens is 1. The van der Waals surface area contributed by atoms with Gasteiger partial charge in [0.2, 0.25) is 0 Å². The van der Waals surface area contributed by atoms with Gasteiger partial charge in [0, 0.05) is 28.2 Å². The van der Waals surface area contributed by atoms with Crippen molar-refractivity contribution in [3.05, 3.63) is 45.7 Å². The summed E-state index contributed by atoms with van der Waals surface area (Å²) >= 11 is 5.48. The van der Waals surface area contributed by atoms with Crippen LogP contribution in [0.15, 0.2) is 29.1 Å². The van der Waals surface area contributed by atoms with Crippen molar-refractivity contribution in [1.82, 2.24) is 4.98 Å². The highest BCUT2D eigenvalue weighted by molar-refractivity contribution is 6.19. The Labute approximate surface area is 98.3 Å². The molecule has 0 aliphatic heterocycles. The predicted octanol–water partition coefficient (Wildman–Crippen LogP) is 2.43. The quantitative estimate of drug-likeness (QED) is 0.548. The molecule has 1 N–H and O–H groups in total. The van der Waals surface area contributed by atoms with Crippen LogP contribution in [0.4, 0.5) is 0 Å². The van der Waals surface area contributed by atoms with E-state index in [1.807, 2.05) is 19.1 Å². The summed E-state index contributed by atoms with van der Waals surface area (Å²) in [4.78, 5) is 14.9. The Bertz CT molecular complexity index is 646. The molecule has 0 bridgehead atoms. The number of aromatic nitrogens is 1. The van der Waals surface area contributed by atoms with Crippen molar-refractivity contribution in [2.45, 2.75) is 6.92 Å². The van der Waals surface area contributed by atoms with Gasteiger partial charge in [-0.1, -0.05) is 11.8 Å². The van der Waals surface area contributed by atoms with Gasteiger partial charge in [0.25, 0.3) is 0 Å². The van der Waals surface area contributed by atoms with Crippen LogP contribution in [0, 0.1) is 18.8 Å². The Hall–Kier alpha value is -1.72. The molecule has 1 aromatic carbocycles. The number of pyridine rings is 1. The Morgan fingerprint density at radius 3 is 2.94 bits per heavy atom. The zero-order chi connectivity index (χ0) is 11.5. The van der Waals surface area contributed by atoms with Crippen LogP contribution in [-0.4, -0.2) is 10.9 Å². The number of benzene rings is 1. The molecule has 0 fully saturated rings. The lowest BCUT2D eigenvalue weighted by Gasteiger charge is -2.00. The second-order valence-electron chi connectivity index (χ2n) is 3.51. The van der Waals surface area contributed by atoms with E-state index in [1.165, 1.54) is 0 Å². The van der Waals surface area contributed by atoms with E-state index in [0.717, 1.165) is 16.8 Å². The second-order valence-corrected chi connectivity index (χ2v) is 3.78. The van der Waals surface area contributed by atoms with Crippen molar-refractivity contribution in [2.75, 3.05) is 5.88 Å². The van der Waals surface area contributed by atoms with Crippen LogP contribution in [0.25, 0.3) is 10.9 Å². The molecule has 0 saturated carbocycles. The van der Waals surface area contributed by atoms with E-state index in [0.29, 0.717) is 11.3 Å². The molecule has 3 heteroatoms. The van der Waals surface area contributed by atoms with Gasteiger partial charge in [-0.15, -0.1) is 11.6 Å². The molecule has 0 amide bonds. The van der Waals surface area contributed by atoms with Gasteiger partial charge in [-0.2, -0.15) is 0 Å². The lowest BCUT2D eigenvalue weighted by Crippen LogP contribution is -2.02. The number of nitrogens with one attached hydrogen (secondary N) is 1. The van der Waals surface area contributed by atoms with Crippen molar-refractivity contribution < 1.29 is 0 Å². The minimum atomic E-state index is 0.0146. The topological polar surface area (TPSA) is 32.9 Å². The fraction of sp³-hybridized carbons (Fsp3) is 0.154. The van der Waals surface area contributed by atoms with Crippen LogP contribution >= 0.6 is 11.6 Å². The highest BCUT2D eigenvalue weighted by Gasteiger charge is 2.00. The molecular weight excluding hydrogens is 222 g/mol. The van der Waals surface area contributed by atoms with Gasteiger partial charge in [-0.25, -0.2) is 0 Å². The smallest absolute Gasteiger partial charge is 0.189 e. The van der Waals surface area contributed by atoms with E-state index >= 15 is 0 Å². The number of alkyl halides is 1. The average Bonchev–Trinajstić information content (AvgIpc) is 2.26. The van der Waals surface area contributed by atoms with Gasteiger partial charge in [-0.3, -0.25) is 4.79 Å². The molecule has 1 heterocycles. The van der Waals surface area contributed by atoms with Gasteiger partial charge >= 0.3 is 0 Å². The van der Waals surface area contributed by atoms with Crippen LogP contribution in [0.3, 0.4) is 0 Å². The molecule has 0 saturated heterocycles. The predicted molar refractivity (Wildman–Crippen MR) is 66.9 cm³/mol. The molecular formula is C13H10ClNO. The monoisotopic (exact) mass is 231 g/mol. The molecule has 80 valence electrons. The van der Waals surface area contributed by atoms with Crippen LogP contribution in [0.2, 0.25) is 0 Å². The highest BCUT2D eigenvalue weighted by Crippen LogP contribution is 2.10. The number of hydrogen-bond donors (Lipinski definition) is 1. The first-order valence-corrected chi connectivity index (χ1v) is 5.42. The molecule has 0 aliphatic rings. The Morgan fingerprint density at radius 1 is 1.38 bits per heavy atom. The lowest BCUT2D eigenvalue weighted by atomic mass is 10.1. The van der Waals surface area contributed by atoms with Crippen molar-refractivity contribution >= 4 is 22.5 Å². The van der Waals surface area contributed by atoms with E-state index in [2.05, 4.69) is 16.8 Å². The lowest BCUT2D eigenvalue weighted by molar-refractivity contribution is 1.24. The van der Waals surface area contributed by atoms with Crippen molar-refractivity contribution in [2.24, 2.45) is 0 Å². The maximum Gasteiger partial charge on any atom is 0.189 e. The molecule has 2 rings (SSSR count).